The van der Waals surface area contributed by atoms with E-state index in [2.05, 4.69) is 28.2 Å². The van der Waals surface area contributed by atoms with Gasteiger partial charge in [-0.2, -0.15) is 0 Å². The van der Waals surface area contributed by atoms with Crippen LogP contribution in [0.3, 0.4) is 0 Å². The monoisotopic (exact) mass is 907 g/mol. The van der Waals surface area contributed by atoms with E-state index in [-0.39, 0.29) is 42.7 Å². The molecule has 0 spiro atoms. The van der Waals surface area contributed by atoms with Crippen molar-refractivity contribution in [3.05, 3.63) is 156 Å². The van der Waals surface area contributed by atoms with Crippen LogP contribution in [0.25, 0.3) is 66.4 Å². The fourth-order valence-electron chi connectivity index (χ4n) is 7.25. The minimum atomic E-state index is -2.46. The van der Waals surface area contributed by atoms with Gasteiger partial charge in [-0.05, 0) is 64.9 Å². The van der Waals surface area contributed by atoms with E-state index in [1.165, 1.54) is 12.3 Å². The van der Waals surface area contributed by atoms with Crippen LogP contribution < -0.4 is 0 Å². The first-order valence-corrected chi connectivity index (χ1v) is 18.5. The maximum absolute atomic E-state index is 8.94. The molecule has 55 heavy (non-hydrogen) atoms. The normalized spacial score (nSPS) is 16.9. The van der Waals surface area contributed by atoms with Gasteiger partial charge in [0.1, 0.15) is 5.58 Å². The second-order valence-corrected chi connectivity index (χ2v) is 14.9. The molecular formula is C51H48IrN2O-2. The van der Waals surface area contributed by atoms with Crippen molar-refractivity contribution in [3.8, 4) is 33.6 Å². The Labute approximate surface area is 353 Å². The molecule has 9 rings (SSSR count). The summed E-state index contributed by atoms with van der Waals surface area (Å²) in [6, 6.07) is 39.8. The number of pyridine rings is 2. The number of fused-ring (bicyclic) bond motifs is 5. The summed E-state index contributed by atoms with van der Waals surface area (Å²) >= 11 is 0. The van der Waals surface area contributed by atoms with Gasteiger partial charge in [-0.25, -0.2) is 0 Å². The van der Waals surface area contributed by atoms with E-state index in [4.69, 9.17) is 18.1 Å². The molecule has 1 radical (unpaired) electrons. The Morgan fingerprint density at radius 2 is 1.56 bits per heavy atom. The molecule has 1 aliphatic carbocycles. The molecule has 4 heteroatoms. The Morgan fingerprint density at radius 1 is 0.782 bits per heavy atom. The topological polar surface area (TPSA) is 38.9 Å². The maximum atomic E-state index is 8.94. The molecule has 0 aliphatic heterocycles. The Morgan fingerprint density at radius 3 is 2.36 bits per heavy atom. The van der Waals surface area contributed by atoms with E-state index in [1.54, 1.807) is 30.5 Å². The summed E-state index contributed by atoms with van der Waals surface area (Å²) in [6.45, 7) is 0.855. The van der Waals surface area contributed by atoms with Crippen LogP contribution in [0, 0.1) is 37.2 Å². The molecule has 3 nitrogen and oxygen atoms in total. The number of nitrogens with zero attached hydrogens (tertiary/aromatic N) is 2. The van der Waals surface area contributed by atoms with Gasteiger partial charge in [0.05, 0.1) is 5.58 Å². The average Bonchev–Trinajstić information content (AvgIpc) is 3.96. The van der Waals surface area contributed by atoms with Gasteiger partial charge in [-0.3, -0.25) is 0 Å². The molecular weight excluding hydrogens is 849 g/mol. The molecule has 1 fully saturated rings. The molecule has 0 bridgehead atoms. The van der Waals surface area contributed by atoms with Crippen LogP contribution in [0.4, 0.5) is 0 Å². The maximum Gasteiger partial charge on any atom is 0.128 e. The Balaban J connectivity index is 0.000000195. The number of aromatic nitrogens is 2. The van der Waals surface area contributed by atoms with Crippen molar-refractivity contribution in [3.63, 3.8) is 0 Å². The molecule has 3 heterocycles. The zero-order valence-electron chi connectivity index (χ0n) is 41.1. The van der Waals surface area contributed by atoms with E-state index >= 15 is 0 Å². The SMILES string of the molecule is [2H]C([2H])([2H])c1c[c-]c(-c2cc(C([2H])([2H])C(C)(C)C)ccn2)cc1-c1ccccc1.[2H]C([2H])([2H])c1cnc(-c2[c-]ccc3c2oc2c4ccccc4ccc32)cc1C([2H])([2H])C1CCCC1.[Ir]. The third-order valence-electron chi connectivity index (χ3n) is 9.79. The molecule has 1 saturated carbocycles. The van der Waals surface area contributed by atoms with Crippen LogP contribution in [0.1, 0.15) is 82.4 Å². The molecule has 3 aromatic heterocycles. The van der Waals surface area contributed by atoms with Crippen molar-refractivity contribution in [1.82, 2.24) is 9.97 Å². The molecule has 0 amide bonds. The first-order valence-electron chi connectivity index (χ1n) is 23.5. The van der Waals surface area contributed by atoms with Crippen molar-refractivity contribution in [2.24, 2.45) is 11.3 Å². The summed E-state index contributed by atoms with van der Waals surface area (Å²) in [5.41, 5.74) is 5.39. The van der Waals surface area contributed by atoms with Crippen molar-refractivity contribution >= 4 is 32.7 Å². The van der Waals surface area contributed by atoms with Crippen LogP contribution in [-0.2, 0) is 32.9 Å². The predicted molar refractivity (Wildman–Crippen MR) is 226 cm³/mol. The van der Waals surface area contributed by atoms with Gasteiger partial charge in [0.15, 0.2) is 0 Å². The van der Waals surface area contributed by atoms with E-state index in [0.29, 0.717) is 39.2 Å². The second kappa shape index (κ2) is 16.5. The van der Waals surface area contributed by atoms with Gasteiger partial charge in [-0.15, -0.1) is 47.5 Å². The Hall–Kier alpha value is -4.89. The smallest absolute Gasteiger partial charge is 0.128 e. The fourth-order valence-corrected chi connectivity index (χ4v) is 7.25. The molecule has 0 unspecified atom stereocenters. The van der Waals surface area contributed by atoms with Gasteiger partial charge in [-0.1, -0.05) is 160 Å². The van der Waals surface area contributed by atoms with Crippen molar-refractivity contribution in [2.75, 3.05) is 0 Å². The molecule has 8 aromatic rings. The molecule has 5 aromatic carbocycles. The van der Waals surface area contributed by atoms with Crippen molar-refractivity contribution in [1.29, 1.82) is 0 Å². The van der Waals surface area contributed by atoms with Crippen LogP contribution in [0.2, 0.25) is 0 Å². The van der Waals surface area contributed by atoms with Crippen molar-refractivity contribution < 1.29 is 38.2 Å². The largest absolute Gasteiger partial charge is 0.500 e. The second-order valence-electron chi connectivity index (χ2n) is 14.9. The number of rotatable bonds is 6. The third-order valence-corrected chi connectivity index (χ3v) is 9.79. The quantitative estimate of drug-likeness (QED) is 0.156. The molecule has 279 valence electrons. The van der Waals surface area contributed by atoms with E-state index < -0.39 is 31.9 Å². The molecule has 1 aliphatic rings. The number of hydrogen-bond acceptors (Lipinski definition) is 3. The first-order chi connectivity index (χ1) is 30.2. The van der Waals surface area contributed by atoms with Crippen LogP contribution in [0.15, 0.2) is 126 Å². The summed E-state index contributed by atoms with van der Waals surface area (Å²) in [4.78, 5) is 8.87. The molecule has 0 saturated heterocycles. The first kappa shape index (κ1) is 27.7. The van der Waals surface area contributed by atoms with Gasteiger partial charge < -0.3 is 14.4 Å². The zero-order valence-corrected chi connectivity index (χ0v) is 33.5. The van der Waals surface area contributed by atoms with Crippen molar-refractivity contribution in [2.45, 2.75) is 72.9 Å². The van der Waals surface area contributed by atoms with Gasteiger partial charge in [0.25, 0.3) is 0 Å². The van der Waals surface area contributed by atoms with Gasteiger partial charge in [0.2, 0.25) is 0 Å². The fraction of sp³-hybridized carbons (Fsp3) is 0.255. The van der Waals surface area contributed by atoms with E-state index in [1.807, 2.05) is 93.6 Å². The van der Waals surface area contributed by atoms with Crippen LogP contribution in [-0.4, -0.2) is 9.97 Å². The van der Waals surface area contributed by atoms with E-state index in [0.717, 1.165) is 58.4 Å². The number of aryl methyl sites for hydroxylation is 2. The average molecular weight is 907 g/mol. The van der Waals surface area contributed by atoms with Crippen LogP contribution in [0.5, 0.6) is 0 Å². The number of furan rings is 1. The Bertz CT molecular complexity index is 2980. The molecule has 0 N–H and O–H groups in total. The summed E-state index contributed by atoms with van der Waals surface area (Å²) in [5.74, 6) is -0.212. The minimum absolute atomic E-state index is 0. The number of benzene rings is 5. The molecule has 0 atom stereocenters. The summed E-state index contributed by atoms with van der Waals surface area (Å²) < 4.78 is 89.0. The Kier molecular flexibility index (Phi) is 8.27. The minimum Gasteiger partial charge on any atom is -0.500 e. The van der Waals surface area contributed by atoms with E-state index in [9.17, 15) is 0 Å². The third kappa shape index (κ3) is 8.52. The number of hydrogen-bond donors (Lipinski definition) is 0. The standard InChI is InChI=1S/C28H24NO.C23H24N.Ir/c1-18-17-29-26(16-21(18)15-19-7-2-3-8-19)25-12-6-11-23-24-14-13-20-9-4-5-10-22(20)27(24)30-28(23)25;1-17-10-11-20(15-21(17)19-8-6-5-7-9-19)22-14-18(12-13-24-22)16-23(2,3)4;/h4-6,9-11,13-14,16-17,19H,2-3,7-8,15H2,1H3;5-10,12-15H,16H2,1-4H3;/q2*-1;/i1D3,15D2;1D3,16D2;. The predicted octanol–water partition coefficient (Wildman–Crippen LogP) is 13.8. The summed E-state index contributed by atoms with van der Waals surface area (Å²) in [5, 5.41) is 3.99. The summed E-state index contributed by atoms with van der Waals surface area (Å²) in [6.07, 6.45) is 3.02. The van der Waals surface area contributed by atoms with Gasteiger partial charge >= 0.3 is 0 Å². The van der Waals surface area contributed by atoms with Gasteiger partial charge in [0, 0.05) is 57.0 Å². The summed E-state index contributed by atoms with van der Waals surface area (Å²) in [7, 11) is 0. The van der Waals surface area contributed by atoms with Crippen LogP contribution >= 0.6 is 0 Å². The zero-order chi connectivity index (χ0) is 45.8.